The lowest BCUT2D eigenvalue weighted by Crippen LogP contribution is -2.44. The number of hydrogen-bond acceptors (Lipinski definition) is 4. The van der Waals surface area contributed by atoms with Gasteiger partial charge in [-0.1, -0.05) is 25.1 Å². The van der Waals surface area contributed by atoms with Gasteiger partial charge in [-0.25, -0.2) is 0 Å². The van der Waals surface area contributed by atoms with Crippen LogP contribution in [0.5, 0.6) is 0 Å². The van der Waals surface area contributed by atoms with Crippen LogP contribution in [0, 0.1) is 23.2 Å². The Balaban J connectivity index is 1.57. The molecule has 168 valence electrons. The average Bonchev–Trinajstić information content (AvgIpc) is 3.02. The highest BCUT2D eigenvalue weighted by atomic mass is 16.4. The van der Waals surface area contributed by atoms with Gasteiger partial charge in [0.05, 0.1) is 0 Å². The van der Waals surface area contributed by atoms with Crippen molar-refractivity contribution in [3.63, 3.8) is 0 Å². The monoisotopic (exact) mass is 425 g/mol. The van der Waals surface area contributed by atoms with Crippen molar-refractivity contribution in [2.45, 2.75) is 71.6 Å². The summed E-state index contributed by atoms with van der Waals surface area (Å²) >= 11 is 0. The molecule has 6 heteroatoms. The quantitative estimate of drug-likeness (QED) is 0.687. The second-order valence-electron chi connectivity index (χ2n) is 10.1. The molecule has 3 unspecified atom stereocenters. The molecule has 31 heavy (non-hydrogen) atoms. The number of ketones is 1. The number of amides is 1. The fourth-order valence-electron chi connectivity index (χ4n) is 7.13. The Hall–Kier alpha value is -1.66. The van der Waals surface area contributed by atoms with Gasteiger partial charge in [-0.15, -0.1) is 0 Å². The van der Waals surface area contributed by atoms with Crippen LogP contribution < -0.4 is 5.46 Å². The van der Waals surface area contributed by atoms with Crippen LogP contribution in [0.25, 0.3) is 0 Å². The topological polar surface area (TPSA) is 77.8 Å². The fraction of sp³-hybridized carbons (Fsp3) is 0.680. The van der Waals surface area contributed by atoms with E-state index in [1.54, 1.807) is 0 Å². The summed E-state index contributed by atoms with van der Waals surface area (Å²) in [4.78, 5) is 27.6. The number of rotatable bonds is 6. The molecule has 0 spiro atoms. The maximum Gasteiger partial charge on any atom is 0.488 e. The fourth-order valence-corrected chi connectivity index (χ4v) is 7.13. The van der Waals surface area contributed by atoms with Gasteiger partial charge in [0.15, 0.2) is 0 Å². The van der Waals surface area contributed by atoms with Crippen LogP contribution in [0.4, 0.5) is 0 Å². The molecule has 0 aliphatic heterocycles. The minimum Gasteiger partial charge on any atom is -0.423 e. The van der Waals surface area contributed by atoms with Gasteiger partial charge in [-0.2, -0.15) is 0 Å². The standard InChI is InChI=1S/C25H36BNO4/c1-4-27(5-2)23(29)11-7-17-15-22(28)25(3)13-12-20-19-10-8-18(26(30)31)14-16(19)6-9-21(20)24(17)25/h8,10,14,17,20-21,24,30-31H,4-7,9,11-13,15H2,1-3H3/t17-,20?,21?,24?,25-/m1/s1. The lowest BCUT2D eigenvalue weighted by Gasteiger charge is -2.50. The molecule has 0 heterocycles. The molecule has 0 radical (unpaired) electrons. The second-order valence-corrected chi connectivity index (χ2v) is 10.1. The molecular weight excluding hydrogens is 389 g/mol. The summed E-state index contributed by atoms with van der Waals surface area (Å²) in [6.07, 6.45) is 5.87. The zero-order valence-electron chi connectivity index (χ0n) is 19.1. The van der Waals surface area contributed by atoms with Gasteiger partial charge in [-0.3, -0.25) is 9.59 Å². The molecule has 1 amide bonds. The summed E-state index contributed by atoms with van der Waals surface area (Å²) in [5, 5.41) is 19.1. The molecule has 5 atom stereocenters. The molecule has 0 aromatic heterocycles. The van der Waals surface area contributed by atoms with Crippen molar-refractivity contribution in [3.05, 3.63) is 29.3 Å². The zero-order chi connectivity index (χ0) is 22.3. The van der Waals surface area contributed by atoms with Crippen LogP contribution in [0.15, 0.2) is 18.2 Å². The van der Waals surface area contributed by atoms with E-state index < -0.39 is 7.12 Å². The molecule has 2 saturated carbocycles. The second kappa shape index (κ2) is 8.70. The Morgan fingerprint density at radius 2 is 1.97 bits per heavy atom. The van der Waals surface area contributed by atoms with Crippen molar-refractivity contribution < 1.29 is 19.6 Å². The van der Waals surface area contributed by atoms with E-state index in [0.29, 0.717) is 47.8 Å². The van der Waals surface area contributed by atoms with Crippen molar-refractivity contribution in [2.75, 3.05) is 13.1 Å². The minimum absolute atomic E-state index is 0.211. The molecule has 3 aliphatic carbocycles. The van der Waals surface area contributed by atoms with Gasteiger partial charge in [0.25, 0.3) is 0 Å². The van der Waals surface area contributed by atoms with E-state index in [4.69, 9.17) is 0 Å². The van der Waals surface area contributed by atoms with E-state index in [0.717, 1.165) is 45.2 Å². The van der Waals surface area contributed by atoms with Crippen LogP contribution in [0.2, 0.25) is 0 Å². The minimum atomic E-state index is -1.43. The molecule has 4 rings (SSSR count). The number of nitrogens with zero attached hydrogens (tertiary/aromatic N) is 1. The summed E-state index contributed by atoms with van der Waals surface area (Å²) in [5.41, 5.74) is 2.87. The molecule has 1 aromatic carbocycles. The maximum atomic E-state index is 13.1. The number of aryl methyl sites for hydroxylation is 1. The van der Waals surface area contributed by atoms with Crippen LogP contribution in [0.3, 0.4) is 0 Å². The summed E-state index contributed by atoms with van der Waals surface area (Å²) < 4.78 is 0. The highest BCUT2D eigenvalue weighted by Crippen LogP contribution is 2.62. The largest absolute Gasteiger partial charge is 0.488 e. The average molecular weight is 425 g/mol. The first-order chi connectivity index (χ1) is 14.8. The normalized spacial score (nSPS) is 31.6. The van der Waals surface area contributed by atoms with Crippen molar-refractivity contribution >= 4 is 24.3 Å². The first-order valence-corrected chi connectivity index (χ1v) is 12.1. The first kappa shape index (κ1) is 22.5. The third kappa shape index (κ3) is 3.86. The van der Waals surface area contributed by atoms with Crippen LogP contribution in [-0.2, 0) is 16.0 Å². The van der Waals surface area contributed by atoms with Gasteiger partial charge >= 0.3 is 7.12 Å². The van der Waals surface area contributed by atoms with Crippen molar-refractivity contribution in [3.8, 4) is 0 Å². The Kier molecular flexibility index (Phi) is 6.33. The van der Waals surface area contributed by atoms with Crippen LogP contribution in [-0.4, -0.2) is 46.8 Å². The molecule has 2 fully saturated rings. The maximum absolute atomic E-state index is 13.1. The molecule has 0 bridgehead atoms. The zero-order valence-corrected chi connectivity index (χ0v) is 19.1. The lowest BCUT2D eigenvalue weighted by atomic mass is 9.53. The molecule has 0 saturated heterocycles. The van der Waals surface area contributed by atoms with E-state index in [9.17, 15) is 19.6 Å². The third-order valence-electron chi connectivity index (χ3n) is 8.74. The first-order valence-electron chi connectivity index (χ1n) is 12.1. The summed E-state index contributed by atoms with van der Waals surface area (Å²) in [5.74, 6) is 2.16. The smallest absolute Gasteiger partial charge is 0.423 e. The molecule has 5 nitrogen and oxygen atoms in total. The van der Waals surface area contributed by atoms with Gasteiger partial charge in [0.2, 0.25) is 5.91 Å². The van der Waals surface area contributed by atoms with E-state index in [1.165, 1.54) is 11.1 Å². The molecule has 1 aromatic rings. The van der Waals surface area contributed by atoms with Gasteiger partial charge in [-0.05, 0) is 86.2 Å². The van der Waals surface area contributed by atoms with Gasteiger partial charge in [0, 0.05) is 31.3 Å². The number of benzene rings is 1. The molecular formula is C25H36BNO4. The van der Waals surface area contributed by atoms with Gasteiger partial charge in [0.1, 0.15) is 5.78 Å². The van der Waals surface area contributed by atoms with Crippen LogP contribution >= 0.6 is 0 Å². The SMILES string of the molecule is CCN(CC)C(=O)CC[C@@H]1CC(=O)[C@@]2(C)CCC3c4ccc(B(O)O)cc4CCC3C12. The number of carbonyl (C=O) groups excluding carboxylic acids is 2. The Bertz CT molecular complexity index is 852. The van der Waals surface area contributed by atoms with E-state index >= 15 is 0 Å². The number of hydrogen-bond donors (Lipinski definition) is 2. The highest BCUT2D eigenvalue weighted by Gasteiger charge is 2.58. The predicted molar refractivity (Wildman–Crippen MR) is 122 cm³/mol. The number of Topliss-reactive ketones (excluding diaryl/α,β-unsaturated/α-hetero) is 1. The number of carbonyl (C=O) groups is 2. The van der Waals surface area contributed by atoms with Gasteiger partial charge < -0.3 is 14.9 Å². The van der Waals surface area contributed by atoms with E-state index in [-0.39, 0.29) is 11.3 Å². The Morgan fingerprint density at radius 3 is 2.65 bits per heavy atom. The molecule has 3 aliphatic rings. The van der Waals surface area contributed by atoms with Crippen LogP contribution in [0.1, 0.15) is 76.3 Å². The Labute approximate surface area is 186 Å². The predicted octanol–water partition coefficient (Wildman–Crippen LogP) is 2.67. The Morgan fingerprint density at radius 1 is 1.23 bits per heavy atom. The summed E-state index contributed by atoms with van der Waals surface area (Å²) in [7, 11) is -1.43. The van der Waals surface area contributed by atoms with E-state index in [1.807, 2.05) is 30.9 Å². The highest BCUT2D eigenvalue weighted by molar-refractivity contribution is 6.58. The molecule has 2 N–H and O–H groups in total. The lowest BCUT2D eigenvalue weighted by molar-refractivity contribution is -0.131. The number of fused-ring (bicyclic) bond motifs is 5. The van der Waals surface area contributed by atoms with Crippen molar-refractivity contribution in [1.82, 2.24) is 4.90 Å². The third-order valence-corrected chi connectivity index (χ3v) is 8.74. The van der Waals surface area contributed by atoms with Crippen molar-refractivity contribution in [1.29, 1.82) is 0 Å². The van der Waals surface area contributed by atoms with Crippen molar-refractivity contribution in [2.24, 2.45) is 23.2 Å². The van der Waals surface area contributed by atoms with E-state index in [2.05, 4.69) is 13.0 Å². The summed E-state index contributed by atoms with van der Waals surface area (Å²) in [6, 6.07) is 5.86. The summed E-state index contributed by atoms with van der Waals surface area (Å²) in [6.45, 7) is 7.70.